The fourth-order valence-electron chi connectivity index (χ4n) is 3.02. The molecule has 2 N–H and O–H groups in total. The van der Waals surface area contributed by atoms with Crippen LogP contribution in [-0.2, 0) is 17.6 Å². The summed E-state index contributed by atoms with van der Waals surface area (Å²) in [5.41, 5.74) is 9.94. The van der Waals surface area contributed by atoms with Crippen molar-refractivity contribution in [2.45, 2.75) is 39.5 Å². The highest BCUT2D eigenvalue weighted by Crippen LogP contribution is 2.35. The Bertz CT molecular complexity index is 693. The molecule has 1 aromatic carbocycles. The zero-order valence-electron chi connectivity index (χ0n) is 12.1. The number of hydrogen-bond donors (Lipinski definition) is 1. The third-order valence-electron chi connectivity index (χ3n) is 4.64. The molecule has 1 aliphatic rings. The number of hydrogen-bond acceptors (Lipinski definition) is 2. The Morgan fingerprint density at radius 2 is 1.85 bits per heavy atom. The van der Waals surface area contributed by atoms with E-state index in [0.29, 0.717) is 0 Å². The molecule has 0 spiro atoms. The van der Waals surface area contributed by atoms with Crippen LogP contribution in [0, 0.1) is 12.3 Å². The van der Waals surface area contributed by atoms with Crippen LogP contribution in [0.3, 0.4) is 0 Å². The molecule has 0 fully saturated rings. The van der Waals surface area contributed by atoms with Crippen LogP contribution in [0.2, 0.25) is 0 Å². The summed E-state index contributed by atoms with van der Waals surface area (Å²) in [7, 11) is 0. The minimum Gasteiger partial charge on any atom is -0.369 e. The third kappa shape index (κ3) is 2.17. The second-order valence-electron chi connectivity index (χ2n) is 6.19. The summed E-state index contributed by atoms with van der Waals surface area (Å²) in [5, 5.41) is 1.18. The number of benzene rings is 1. The van der Waals surface area contributed by atoms with Gasteiger partial charge in [-0.3, -0.25) is 9.78 Å². The fourth-order valence-corrected chi connectivity index (χ4v) is 3.02. The van der Waals surface area contributed by atoms with E-state index in [1.807, 2.05) is 19.9 Å². The lowest BCUT2D eigenvalue weighted by Crippen LogP contribution is -2.34. The van der Waals surface area contributed by atoms with Crippen molar-refractivity contribution < 1.29 is 4.79 Å². The van der Waals surface area contributed by atoms with Crippen molar-refractivity contribution in [2.75, 3.05) is 0 Å². The number of nitrogens with zero attached hydrogens (tertiary/aromatic N) is 1. The molecule has 1 aliphatic carbocycles. The predicted octanol–water partition coefficient (Wildman–Crippen LogP) is 2.91. The quantitative estimate of drug-likeness (QED) is 0.808. The monoisotopic (exact) mass is 268 g/mol. The van der Waals surface area contributed by atoms with Gasteiger partial charge < -0.3 is 5.73 Å². The lowest BCUT2D eigenvalue weighted by molar-refractivity contribution is -0.127. The van der Waals surface area contributed by atoms with Gasteiger partial charge in [0.15, 0.2) is 0 Å². The summed E-state index contributed by atoms with van der Waals surface area (Å²) < 4.78 is 0. The van der Waals surface area contributed by atoms with Crippen LogP contribution in [0.25, 0.3) is 10.9 Å². The van der Waals surface area contributed by atoms with Gasteiger partial charge in [-0.05, 0) is 61.9 Å². The average molecular weight is 268 g/mol. The lowest BCUT2D eigenvalue weighted by atomic mass is 9.81. The van der Waals surface area contributed by atoms with Crippen LogP contribution >= 0.6 is 0 Å². The van der Waals surface area contributed by atoms with Gasteiger partial charge in [0.2, 0.25) is 5.91 Å². The normalized spacial score (nSPS) is 22.3. The van der Waals surface area contributed by atoms with Crippen LogP contribution in [0.15, 0.2) is 24.3 Å². The van der Waals surface area contributed by atoms with Crippen molar-refractivity contribution in [3.63, 3.8) is 0 Å². The molecule has 20 heavy (non-hydrogen) atoms. The van der Waals surface area contributed by atoms with E-state index >= 15 is 0 Å². The van der Waals surface area contributed by atoms with Crippen molar-refractivity contribution in [2.24, 2.45) is 11.1 Å². The van der Waals surface area contributed by atoms with E-state index in [-0.39, 0.29) is 11.3 Å². The molecule has 3 rings (SSSR count). The summed E-state index contributed by atoms with van der Waals surface area (Å²) in [4.78, 5) is 16.3. The SMILES string of the molecule is Cc1ccc2cc3c(cc2n1)CCC(C)(C(N)=O)CC3. The predicted molar refractivity (Wildman–Crippen MR) is 80.4 cm³/mol. The van der Waals surface area contributed by atoms with E-state index in [4.69, 9.17) is 5.73 Å². The number of fused-ring (bicyclic) bond motifs is 2. The minimum atomic E-state index is -0.380. The first-order valence-corrected chi connectivity index (χ1v) is 7.17. The molecule has 1 unspecified atom stereocenters. The highest BCUT2D eigenvalue weighted by molar-refractivity contribution is 5.82. The number of amides is 1. The molecule has 1 heterocycles. The van der Waals surface area contributed by atoms with Crippen LogP contribution in [0.1, 0.15) is 36.6 Å². The zero-order chi connectivity index (χ0) is 14.3. The minimum absolute atomic E-state index is 0.177. The van der Waals surface area contributed by atoms with Gasteiger partial charge in [-0.1, -0.05) is 13.0 Å². The standard InChI is InChI=1S/C17H20N2O/c1-11-3-4-14-9-12-5-7-17(2,16(18)20)8-6-13(12)10-15(14)19-11/h3-4,9-10H,5-8H2,1-2H3,(H2,18,20). The van der Waals surface area contributed by atoms with Crippen molar-refractivity contribution in [1.82, 2.24) is 4.98 Å². The number of primary amides is 1. The van der Waals surface area contributed by atoms with Crippen LogP contribution < -0.4 is 5.73 Å². The second-order valence-corrected chi connectivity index (χ2v) is 6.19. The van der Waals surface area contributed by atoms with Gasteiger partial charge in [-0.2, -0.15) is 0 Å². The van der Waals surface area contributed by atoms with Crippen LogP contribution in [0.4, 0.5) is 0 Å². The Hall–Kier alpha value is -1.90. The molecule has 0 radical (unpaired) electrons. The van der Waals surface area contributed by atoms with Crippen LogP contribution in [-0.4, -0.2) is 10.9 Å². The zero-order valence-corrected chi connectivity index (χ0v) is 12.1. The number of nitrogens with two attached hydrogens (primary N) is 1. The van der Waals surface area contributed by atoms with Gasteiger partial charge in [0.05, 0.1) is 5.52 Å². The molecular formula is C17H20N2O. The molecule has 0 aliphatic heterocycles. The van der Waals surface area contributed by atoms with Gasteiger partial charge in [-0.15, -0.1) is 0 Å². The Balaban J connectivity index is 2.04. The van der Waals surface area contributed by atoms with Gasteiger partial charge in [-0.25, -0.2) is 0 Å². The van der Waals surface area contributed by atoms with E-state index in [2.05, 4.69) is 23.2 Å². The summed E-state index contributed by atoms with van der Waals surface area (Å²) in [6.07, 6.45) is 3.48. The van der Waals surface area contributed by atoms with Gasteiger partial charge in [0, 0.05) is 16.5 Å². The maximum absolute atomic E-state index is 11.7. The second kappa shape index (κ2) is 4.58. The van der Waals surface area contributed by atoms with E-state index in [1.54, 1.807) is 0 Å². The molecule has 3 heteroatoms. The summed E-state index contributed by atoms with van der Waals surface area (Å²) in [6, 6.07) is 8.57. The Kier molecular flexibility index (Phi) is 3.00. The van der Waals surface area contributed by atoms with Crippen molar-refractivity contribution in [3.05, 3.63) is 41.1 Å². The third-order valence-corrected chi connectivity index (χ3v) is 4.64. The first kappa shape index (κ1) is 13.1. The molecular weight excluding hydrogens is 248 g/mol. The number of carbonyl (C=O) groups excluding carboxylic acids is 1. The first-order chi connectivity index (χ1) is 9.48. The highest BCUT2D eigenvalue weighted by Gasteiger charge is 2.32. The largest absolute Gasteiger partial charge is 0.369 e. The number of pyridine rings is 1. The number of aryl methyl sites for hydroxylation is 3. The smallest absolute Gasteiger partial charge is 0.223 e. The van der Waals surface area contributed by atoms with Crippen molar-refractivity contribution >= 4 is 16.8 Å². The Morgan fingerprint density at radius 1 is 1.20 bits per heavy atom. The van der Waals surface area contributed by atoms with E-state index in [0.717, 1.165) is 36.9 Å². The molecule has 0 saturated carbocycles. The Labute approximate surface area is 119 Å². The maximum Gasteiger partial charge on any atom is 0.223 e. The number of carbonyl (C=O) groups is 1. The van der Waals surface area contributed by atoms with Crippen molar-refractivity contribution in [1.29, 1.82) is 0 Å². The summed E-state index contributed by atoms with van der Waals surface area (Å²) >= 11 is 0. The van der Waals surface area contributed by atoms with E-state index in [1.165, 1.54) is 16.5 Å². The summed E-state index contributed by atoms with van der Waals surface area (Å²) in [6.45, 7) is 4.00. The molecule has 3 nitrogen and oxygen atoms in total. The van der Waals surface area contributed by atoms with Crippen molar-refractivity contribution in [3.8, 4) is 0 Å². The molecule has 104 valence electrons. The fraction of sp³-hybridized carbons (Fsp3) is 0.412. The molecule has 1 aromatic heterocycles. The summed E-state index contributed by atoms with van der Waals surface area (Å²) in [5.74, 6) is -0.177. The first-order valence-electron chi connectivity index (χ1n) is 7.17. The number of aromatic nitrogens is 1. The molecule has 1 atom stereocenters. The van der Waals surface area contributed by atoms with E-state index in [9.17, 15) is 4.79 Å². The molecule has 2 aromatic rings. The maximum atomic E-state index is 11.7. The topological polar surface area (TPSA) is 56.0 Å². The molecule has 0 bridgehead atoms. The Morgan fingerprint density at radius 3 is 2.50 bits per heavy atom. The number of rotatable bonds is 1. The van der Waals surface area contributed by atoms with Gasteiger partial charge >= 0.3 is 0 Å². The van der Waals surface area contributed by atoms with Gasteiger partial charge in [0.25, 0.3) is 0 Å². The molecule has 0 saturated heterocycles. The average Bonchev–Trinajstić information content (AvgIpc) is 2.57. The molecule has 1 amide bonds. The van der Waals surface area contributed by atoms with Gasteiger partial charge in [0.1, 0.15) is 0 Å². The highest BCUT2D eigenvalue weighted by atomic mass is 16.1. The van der Waals surface area contributed by atoms with E-state index < -0.39 is 0 Å². The van der Waals surface area contributed by atoms with Crippen LogP contribution in [0.5, 0.6) is 0 Å². The lowest BCUT2D eigenvalue weighted by Gasteiger charge is -2.23.